The normalized spacial score (nSPS) is 18.1. The van der Waals surface area contributed by atoms with Gasteiger partial charge < -0.3 is 18.3 Å². The molecule has 0 spiro atoms. The summed E-state index contributed by atoms with van der Waals surface area (Å²) in [6.45, 7) is 18.8. The SMILES string of the molecule is CC(O[Si](c1ccccc1)(c1ccccc1)C(C)(C)C)[C@H]1COC(c2cccc(C3=N[C@@H](C(C)O[Si](c4ccccc4)(c4ccccc4)C(C)(C)C)CO3)n2)=N1.[Cl][Co][Cl]. The van der Waals surface area contributed by atoms with Gasteiger partial charge in [-0.25, -0.2) is 15.0 Å². The average Bonchev–Trinajstić information content (AvgIpc) is 3.95. The fraction of sp³-hybridized carbons (Fsp3) is 0.340. The Bertz CT molecular complexity index is 1940. The summed E-state index contributed by atoms with van der Waals surface area (Å²) in [7, 11) is 3.93. The topological polar surface area (TPSA) is 74.5 Å². The molecule has 5 aromatic rings. The van der Waals surface area contributed by atoms with Gasteiger partial charge in [-0.15, -0.1) is 0 Å². The summed E-state index contributed by atoms with van der Waals surface area (Å²) in [5.74, 6) is 1.02. The zero-order chi connectivity index (χ0) is 42.3. The van der Waals surface area contributed by atoms with Gasteiger partial charge in [0.2, 0.25) is 11.8 Å². The molecule has 0 bridgehead atoms. The molecular weight excluding hydrogens is 857 g/mol. The first-order chi connectivity index (χ1) is 28.2. The van der Waals surface area contributed by atoms with Crippen LogP contribution in [0, 0.1) is 0 Å². The summed E-state index contributed by atoms with van der Waals surface area (Å²) in [4.78, 5) is 15.1. The molecule has 3 heterocycles. The number of pyridine rings is 1. The predicted octanol–water partition coefficient (Wildman–Crippen LogP) is 8.68. The molecule has 313 valence electrons. The molecule has 4 atom stereocenters. The summed E-state index contributed by atoms with van der Waals surface area (Å²) >= 11 is 0.382. The van der Waals surface area contributed by atoms with E-state index in [0.29, 0.717) is 49.3 Å². The van der Waals surface area contributed by atoms with Crippen molar-refractivity contribution >= 4 is 69.5 Å². The summed E-state index contributed by atoms with van der Waals surface area (Å²) in [5.41, 5.74) is 1.29. The minimum absolute atomic E-state index is 0.145. The van der Waals surface area contributed by atoms with E-state index in [-0.39, 0.29) is 34.4 Å². The molecule has 0 N–H and O–H groups in total. The zero-order valence-electron chi connectivity index (χ0n) is 35.1. The molecular formula is C47H55Cl2CoN3O4Si2. The van der Waals surface area contributed by atoms with Crippen molar-refractivity contribution in [1.82, 2.24) is 4.98 Å². The van der Waals surface area contributed by atoms with Gasteiger partial charge in [-0.1, -0.05) is 169 Å². The van der Waals surface area contributed by atoms with Gasteiger partial charge >= 0.3 is 33.2 Å². The Hall–Kier alpha value is -3.59. The van der Waals surface area contributed by atoms with Crippen LogP contribution >= 0.6 is 20.3 Å². The summed E-state index contributed by atoms with van der Waals surface area (Å²) in [6, 6.07) is 48.3. The van der Waals surface area contributed by atoms with E-state index in [1.54, 1.807) is 0 Å². The van der Waals surface area contributed by atoms with E-state index < -0.39 is 16.6 Å². The van der Waals surface area contributed by atoms with Gasteiger partial charge in [0.1, 0.15) is 36.7 Å². The quantitative estimate of drug-likeness (QED) is 0.117. The number of ether oxygens (including phenoxy) is 2. The van der Waals surface area contributed by atoms with E-state index in [2.05, 4.69) is 177 Å². The van der Waals surface area contributed by atoms with Crippen LogP contribution in [0.3, 0.4) is 0 Å². The molecule has 0 radical (unpaired) electrons. The zero-order valence-corrected chi connectivity index (χ0v) is 39.6. The molecule has 7 rings (SSSR count). The van der Waals surface area contributed by atoms with Crippen LogP contribution in [0.5, 0.6) is 0 Å². The third kappa shape index (κ3) is 9.66. The van der Waals surface area contributed by atoms with Crippen molar-refractivity contribution in [3.8, 4) is 0 Å². The number of nitrogens with zero attached hydrogens (tertiary/aromatic N) is 3. The summed E-state index contributed by atoms with van der Waals surface area (Å²) in [5, 5.41) is 4.67. The summed E-state index contributed by atoms with van der Waals surface area (Å²) in [6.07, 6.45) is -0.412. The standard InChI is InChI=1S/C47H55N3O4Si2.2ClH.Co/c1-34(53-55(46(3,4)5,36-22-13-9-14-23-36)37-24-15-10-16-25-37)42-32-51-44(49-42)40-30-21-31-41(48-40)45-50-43(33-52-45)35(2)54-56(47(6,7)8,38-26-17-11-18-27-38)39-28-19-12-20-29-39;;;/h9-31,34-35,42-43H,32-33H2,1-8H3;2*1H;/q;;;+2/p-2/t34?,35?,42-,43-;;;/m1.../s1. The Morgan fingerprint density at radius 2 is 0.814 bits per heavy atom. The molecule has 7 nitrogen and oxygen atoms in total. The fourth-order valence-corrected chi connectivity index (χ4v) is 17.8. The van der Waals surface area contributed by atoms with Crippen LogP contribution in [0.4, 0.5) is 0 Å². The first kappa shape index (κ1) is 45.0. The van der Waals surface area contributed by atoms with Crippen LogP contribution < -0.4 is 20.7 Å². The van der Waals surface area contributed by atoms with Crippen molar-refractivity contribution in [1.29, 1.82) is 0 Å². The van der Waals surface area contributed by atoms with Crippen molar-refractivity contribution in [2.24, 2.45) is 9.98 Å². The molecule has 0 saturated carbocycles. The van der Waals surface area contributed by atoms with Crippen LogP contribution in [-0.2, 0) is 31.2 Å². The van der Waals surface area contributed by atoms with Gasteiger partial charge in [0, 0.05) is 0 Å². The number of rotatable bonds is 12. The molecule has 0 aliphatic carbocycles. The number of halogens is 2. The van der Waals surface area contributed by atoms with Crippen molar-refractivity contribution in [2.75, 3.05) is 13.2 Å². The molecule has 0 fully saturated rings. The second-order valence-electron chi connectivity index (χ2n) is 17.1. The number of hydrogen-bond donors (Lipinski definition) is 0. The van der Waals surface area contributed by atoms with Crippen LogP contribution in [0.15, 0.2) is 150 Å². The van der Waals surface area contributed by atoms with E-state index in [4.69, 9.17) is 53.6 Å². The van der Waals surface area contributed by atoms with E-state index in [0.717, 1.165) is 0 Å². The minimum atomic E-state index is -2.77. The predicted molar refractivity (Wildman–Crippen MR) is 245 cm³/mol. The third-order valence-electron chi connectivity index (χ3n) is 11.2. The van der Waals surface area contributed by atoms with Gasteiger partial charge in [-0.3, -0.25) is 0 Å². The Morgan fingerprint density at radius 1 is 0.525 bits per heavy atom. The van der Waals surface area contributed by atoms with E-state index in [1.165, 1.54) is 20.7 Å². The van der Waals surface area contributed by atoms with Crippen molar-refractivity contribution < 1.29 is 31.2 Å². The number of hydrogen-bond acceptors (Lipinski definition) is 7. The second kappa shape index (κ2) is 19.4. The first-order valence-corrected chi connectivity index (χ1v) is 26.7. The third-order valence-corrected chi connectivity index (χ3v) is 21.4. The average molecular weight is 912 g/mol. The van der Waals surface area contributed by atoms with Crippen molar-refractivity contribution in [2.45, 2.75) is 89.8 Å². The van der Waals surface area contributed by atoms with E-state index in [1.807, 2.05) is 18.2 Å². The summed E-state index contributed by atoms with van der Waals surface area (Å²) < 4.78 is 27.3. The number of aromatic nitrogens is 1. The molecule has 59 heavy (non-hydrogen) atoms. The van der Waals surface area contributed by atoms with Crippen LogP contribution in [-0.4, -0.2) is 70.9 Å². The molecule has 0 amide bonds. The molecule has 2 unspecified atom stereocenters. The Labute approximate surface area is 367 Å². The van der Waals surface area contributed by atoms with Gasteiger partial charge in [-0.05, 0) is 56.8 Å². The molecule has 0 saturated heterocycles. The monoisotopic (exact) mass is 910 g/mol. The molecule has 4 aromatic carbocycles. The van der Waals surface area contributed by atoms with E-state index in [9.17, 15) is 0 Å². The van der Waals surface area contributed by atoms with E-state index >= 15 is 0 Å². The Kier molecular flexibility index (Phi) is 14.8. The maximum atomic E-state index is 7.38. The van der Waals surface area contributed by atoms with Crippen LogP contribution in [0.1, 0.15) is 66.8 Å². The molecule has 1 aromatic heterocycles. The first-order valence-electron chi connectivity index (χ1n) is 20.1. The number of aliphatic imine (C=N–C) groups is 2. The Morgan fingerprint density at radius 3 is 1.08 bits per heavy atom. The van der Waals surface area contributed by atoms with Crippen LogP contribution in [0.2, 0.25) is 10.1 Å². The van der Waals surface area contributed by atoms with Gasteiger partial charge in [0.15, 0.2) is 0 Å². The fourth-order valence-electron chi connectivity index (χ4n) is 8.31. The Balaban J connectivity index is 0.00000189. The molecule has 2 aliphatic heterocycles. The van der Waals surface area contributed by atoms with Crippen LogP contribution in [0.25, 0.3) is 0 Å². The van der Waals surface area contributed by atoms with Gasteiger partial charge in [0.05, 0.1) is 12.2 Å². The number of benzene rings is 4. The van der Waals surface area contributed by atoms with Crippen molar-refractivity contribution in [3.63, 3.8) is 0 Å². The molecule has 12 heteroatoms. The second-order valence-corrected chi connectivity index (χ2v) is 27.3. The van der Waals surface area contributed by atoms with Gasteiger partial charge in [0.25, 0.3) is 16.6 Å². The molecule has 2 aliphatic rings. The van der Waals surface area contributed by atoms with Gasteiger partial charge in [-0.2, -0.15) is 0 Å². The van der Waals surface area contributed by atoms with Crippen molar-refractivity contribution in [3.05, 3.63) is 151 Å². The maximum absolute atomic E-state index is 7.38.